The van der Waals surface area contributed by atoms with E-state index in [0.29, 0.717) is 29.6 Å². The van der Waals surface area contributed by atoms with Gasteiger partial charge in [-0.25, -0.2) is 9.59 Å². The topological polar surface area (TPSA) is 88.1 Å². The molecule has 0 radical (unpaired) electrons. The zero-order valence-electron chi connectivity index (χ0n) is 24.0. The van der Waals surface area contributed by atoms with Crippen LogP contribution in [0, 0.1) is 0 Å². The number of carbonyl (C=O) groups excluding carboxylic acids is 3. The Morgan fingerprint density at radius 3 is 1.98 bits per heavy atom. The van der Waals surface area contributed by atoms with Crippen molar-refractivity contribution in [1.82, 2.24) is 0 Å². The fourth-order valence-electron chi connectivity index (χ4n) is 7.34. The number of piperidine rings is 1. The molecule has 0 aliphatic carbocycles. The Kier molecular flexibility index (Phi) is 9.28. The fourth-order valence-corrected chi connectivity index (χ4v) is 7.34. The minimum absolute atomic E-state index is 0.250. The Labute approximate surface area is 242 Å². The first kappa shape index (κ1) is 29.1. The Hall–Kier alpha value is -3.39. The molecule has 8 nitrogen and oxygen atoms in total. The van der Waals surface area contributed by atoms with Crippen molar-refractivity contribution in [2.45, 2.75) is 94.9 Å². The monoisotopic (exact) mass is 564 g/mol. The van der Waals surface area contributed by atoms with Crippen LogP contribution in [0.15, 0.2) is 60.7 Å². The predicted octanol–water partition coefficient (Wildman–Crippen LogP) is 6.01. The highest BCUT2D eigenvalue weighted by Gasteiger charge is 2.57. The molecule has 3 aliphatic heterocycles. The summed E-state index contributed by atoms with van der Waals surface area (Å²) >= 11 is 0. The van der Waals surface area contributed by atoms with Gasteiger partial charge in [0.05, 0.1) is 25.2 Å². The van der Waals surface area contributed by atoms with Crippen LogP contribution >= 0.6 is 0 Å². The van der Waals surface area contributed by atoms with Gasteiger partial charge in [-0.3, -0.25) is 4.79 Å². The predicted molar refractivity (Wildman–Crippen MR) is 151 cm³/mol. The third kappa shape index (κ3) is 6.13. The third-order valence-corrected chi connectivity index (χ3v) is 9.30. The number of esters is 2. The number of hydrogen-bond acceptors (Lipinski definition) is 7. The highest BCUT2D eigenvalue weighted by atomic mass is 16.8. The van der Waals surface area contributed by atoms with Gasteiger partial charge >= 0.3 is 18.1 Å². The van der Waals surface area contributed by atoms with Gasteiger partial charge in [0.1, 0.15) is 6.10 Å². The van der Waals surface area contributed by atoms with E-state index < -0.39 is 30.5 Å². The summed E-state index contributed by atoms with van der Waals surface area (Å²) in [7, 11) is 0. The molecule has 220 valence electrons. The number of benzene rings is 2. The molecule has 41 heavy (non-hydrogen) atoms. The Balaban J connectivity index is 1.35. The quantitative estimate of drug-likeness (QED) is 0.109. The maximum absolute atomic E-state index is 14.3. The third-order valence-electron chi connectivity index (χ3n) is 9.30. The molecule has 0 N–H and O–H groups in total. The van der Waals surface area contributed by atoms with Crippen molar-refractivity contribution >= 4 is 18.1 Å². The molecule has 0 aromatic heterocycles. The van der Waals surface area contributed by atoms with Crippen molar-refractivity contribution in [1.29, 1.82) is 0 Å². The van der Waals surface area contributed by atoms with Crippen molar-refractivity contribution in [3.8, 4) is 0 Å². The van der Waals surface area contributed by atoms with E-state index in [0.717, 1.165) is 25.7 Å². The number of nitrogens with zero attached hydrogens (tertiary/aromatic N) is 1. The first-order valence-corrected chi connectivity index (χ1v) is 15.2. The van der Waals surface area contributed by atoms with Gasteiger partial charge in [-0.15, -0.1) is 0 Å². The number of quaternary nitrogens is 1. The van der Waals surface area contributed by atoms with Crippen LogP contribution in [0.1, 0.15) is 82.3 Å². The summed E-state index contributed by atoms with van der Waals surface area (Å²) in [6.45, 7) is 3.91. The number of carbonyl (C=O) groups is 3. The van der Waals surface area contributed by atoms with Gasteiger partial charge in [-0.2, -0.15) is 0 Å². The van der Waals surface area contributed by atoms with E-state index in [1.807, 2.05) is 19.1 Å². The normalized spacial score (nSPS) is 22.7. The van der Waals surface area contributed by atoms with Gasteiger partial charge in [0.25, 0.3) is 5.60 Å². The van der Waals surface area contributed by atoms with E-state index in [9.17, 15) is 14.4 Å². The first-order chi connectivity index (χ1) is 20.0. The van der Waals surface area contributed by atoms with E-state index in [-0.39, 0.29) is 12.5 Å². The smallest absolute Gasteiger partial charge is 0.458 e. The highest BCUT2D eigenvalue weighted by Crippen LogP contribution is 2.47. The second kappa shape index (κ2) is 13.1. The van der Waals surface area contributed by atoms with Crippen molar-refractivity contribution in [2.24, 2.45) is 0 Å². The number of rotatable bonds is 11. The minimum Gasteiger partial charge on any atom is -0.458 e. The lowest BCUT2D eigenvalue weighted by Crippen LogP contribution is -2.60. The van der Waals surface area contributed by atoms with Crippen LogP contribution in [-0.4, -0.2) is 60.6 Å². The van der Waals surface area contributed by atoms with Crippen LogP contribution in [0.5, 0.6) is 0 Å². The van der Waals surface area contributed by atoms with Crippen LogP contribution in [0.4, 0.5) is 4.79 Å². The zero-order valence-corrected chi connectivity index (χ0v) is 24.0. The van der Waals surface area contributed by atoms with Gasteiger partial charge in [-0.05, 0) is 6.42 Å². The molecule has 1 spiro atoms. The second-order valence-electron chi connectivity index (χ2n) is 11.6. The molecule has 3 fully saturated rings. The lowest BCUT2D eigenvalue weighted by molar-refractivity contribution is -0.956. The van der Waals surface area contributed by atoms with E-state index in [1.165, 1.54) is 43.3 Å². The lowest BCUT2D eigenvalue weighted by Gasteiger charge is -2.47. The molecular weight excluding hydrogens is 522 g/mol. The molecule has 0 saturated carbocycles. The molecule has 2 unspecified atom stereocenters. The SMILES string of the molecule is CCCCCC(=O)OCOC(=O)OC(C(=O)OC1CC2CCC(C1)[N+]21CCCC1)(c1ccccc1)c1ccccc1. The van der Waals surface area contributed by atoms with E-state index in [1.54, 1.807) is 48.5 Å². The molecule has 3 saturated heterocycles. The summed E-state index contributed by atoms with van der Waals surface area (Å²) in [5, 5.41) is 0. The van der Waals surface area contributed by atoms with E-state index >= 15 is 0 Å². The molecular formula is C33H42NO7+. The molecule has 2 bridgehead atoms. The summed E-state index contributed by atoms with van der Waals surface area (Å²) in [6.07, 6.45) is 8.00. The minimum atomic E-state index is -1.89. The number of hydrogen-bond donors (Lipinski definition) is 0. The second-order valence-corrected chi connectivity index (χ2v) is 11.6. The van der Waals surface area contributed by atoms with Crippen LogP contribution in [0.25, 0.3) is 0 Å². The maximum Gasteiger partial charge on any atom is 0.513 e. The summed E-state index contributed by atoms with van der Waals surface area (Å²) in [6, 6.07) is 18.8. The molecule has 0 amide bonds. The molecule has 8 heteroatoms. The molecule has 3 heterocycles. The van der Waals surface area contributed by atoms with Crippen molar-refractivity contribution in [2.75, 3.05) is 19.9 Å². The Morgan fingerprint density at radius 1 is 0.829 bits per heavy atom. The zero-order chi connectivity index (χ0) is 28.7. The fraction of sp³-hybridized carbons (Fsp3) is 0.545. The van der Waals surface area contributed by atoms with Gasteiger partial charge < -0.3 is 23.4 Å². The van der Waals surface area contributed by atoms with Crippen molar-refractivity contribution in [3.63, 3.8) is 0 Å². The van der Waals surface area contributed by atoms with Gasteiger partial charge in [-0.1, -0.05) is 80.4 Å². The van der Waals surface area contributed by atoms with Gasteiger partial charge in [0.2, 0.25) is 6.79 Å². The van der Waals surface area contributed by atoms with Gasteiger partial charge in [0, 0.05) is 56.1 Å². The van der Waals surface area contributed by atoms with Crippen molar-refractivity contribution < 1.29 is 37.8 Å². The largest absolute Gasteiger partial charge is 0.513 e. The Bertz CT molecular complexity index is 1120. The summed E-state index contributed by atoms with van der Waals surface area (Å²) < 4.78 is 23.6. The molecule has 2 aromatic rings. The maximum atomic E-state index is 14.3. The van der Waals surface area contributed by atoms with Crippen LogP contribution in [-0.2, 0) is 34.1 Å². The van der Waals surface area contributed by atoms with E-state index in [2.05, 4.69) is 0 Å². The van der Waals surface area contributed by atoms with Crippen molar-refractivity contribution in [3.05, 3.63) is 71.8 Å². The first-order valence-electron chi connectivity index (χ1n) is 15.2. The van der Waals surface area contributed by atoms with Crippen LogP contribution < -0.4 is 0 Å². The number of unbranched alkanes of at least 4 members (excludes halogenated alkanes) is 2. The summed E-state index contributed by atoms with van der Waals surface area (Å²) in [4.78, 5) is 39.4. The summed E-state index contributed by atoms with van der Waals surface area (Å²) in [5.74, 6) is -1.10. The highest BCUT2D eigenvalue weighted by molar-refractivity contribution is 5.88. The standard InChI is InChI=1S/C33H42NO7/c1-2-3-6-17-30(35)38-24-39-32(37)41-33(25-13-7-4-8-14-25,26-15-9-5-10-16-26)31(36)40-29-22-27-18-19-28(23-29)34(27)20-11-12-21-34/h4-5,7-10,13-16,27-29H,2-3,6,11-12,17-24H2,1H3/q+1. The average Bonchev–Trinajstić information content (AvgIpc) is 3.53. The Morgan fingerprint density at radius 2 is 1.41 bits per heavy atom. The molecule has 2 aromatic carbocycles. The molecule has 2 atom stereocenters. The van der Waals surface area contributed by atoms with Gasteiger partial charge in [0.15, 0.2) is 0 Å². The molecule has 3 aliphatic rings. The lowest BCUT2D eigenvalue weighted by atomic mass is 9.85. The summed E-state index contributed by atoms with van der Waals surface area (Å²) in [5.41, 5.74) is -0.987. The van der Waals surface area contributed by atoms with Crippen LogP contribution in [0.2, 0.25) is 0 Å². The van der Waals surface area contributed by atoms with E-state index in [4.69, 9.17) is 18.9 Å². The number of ether oxygens (including phenoxy) is 4. The van der Waals surface area contributed by atoms with Crippen LogP contribution in [0.3, 0.4) is 0 Å². The average molecular weight is 565 g/mol. The molecule has 5 rings (SSSR count).